The van der Waals surface area contributed by atoms with E-state index in [9.17, 15) is 4.79 Å². The van der Waals surface area contributed by atoms with Crippen molar-refractivity contribution in [2.45, 2.75) is 32.8 Å². The maximum Gasteiger partial charge on any atom is 0.195 e. The second kappa shape index (κ2) is 8.99. The topological polar surface area (TPSA) is 62.0 Å². The third-order valence-corrected chi connectivity index (χ3v) is 7.86. The Labute approximate surface area is 197 Å². The molecule has 1 aliphatic carbocycles. The first-order valence-corrected chi connectivity index (χ1v) is 12.4. The highest BCUT2D eigenvalue weighted by molar-refractivity contribution is 6.17. The molecule has 2 saturated heterocycles. The van der Waals surface area contributed by atoms with Gasteiger partial charge in [0, 0.05) is 57.5 Å². The molecule has 6 nitrogen and oxygen atoms in total. The molecule has 2 aromatic carbocycles. The normalized spacial score (nSPS) is 21.8. The Morgan fingerprint density at radius 2 is 1.67 bits per heavy atom. The minimum Gasteiger partial charge on any atom is -0.397 e. The number of nitrogens with two attached hydrogens (primary N) is 1. The molecule has 1 atom stereocenters. The molecule has 2 fully saturated rings. The number of fused-ring (bicyclic) bond motifs is 2. The number of rotatable bonds is 4. The summed E-state index contributed by atoms with van der Waals surface area (Å²) in [5.41, 5.74) is 12.9. The van der Waals surface area contributed by atoms with Gasteiger partial charge in [-0.3, -0.25) is 4.79 Å². The van der Waals surface area contributed by atoms with Gasteiger partial charge in [0.05, 0.1) is 22.6 Å². The van der Waals surface area contributed by atoms with Crippen LogP contribution in [0.25, 0.3) is 0 Å². The van der Waals surface area contributed by atoms with E-state index in [4.69, 9.17) is 10.5 Å². The van der Waals surface area contributed by atoms with Crippen molar-refractivity contribution in [2.75, 3.05) is 68.5 Å². The van der Waals surface area contributed by atoms with Crippen LogP contribution in [0.2, 0.25) is 0 Å². The summed E-state index contributed by atoms with van der Waals surface area (Å²) in [7, 11) is 1.72. The van der Waals surface area contributed by atoms with Crippen molar-refractivity contribution >= 4 is 22.8 Å². The number of carbonyl (C=O) groups is 1. The number of nitrogen functional groups attached to an aromatic ring is 1. The molecule has 2 aliphatic heterocycles. The molecule has 5 rings (SSSR count). The van der Waals surface area contributed by atoms with E-state index in [0.717, 1.165) is 98.2 Å². The molecule has 176 valence electrons. The fourth-order valence-corrected chi connectivity index (χ4v) is 5.73. The lowest BCUT2D eigenvalue weighted by Gasteiger charge is -2.40. The zero-order valence-corrected chi connectivity index (χ0v) is 20.1. The van der Waals surface area contributed by atoms with E-state index in [0.29, 0.717) is 5.69 Å². The molecule has 0 saturated carbocycles. The molecule has 0 radical (unpaired) electrons. The molecule has 2 aromatic rings. The van der Waals surface area contributed by atoms with Crippen LogP contribution < -0.4 is 15.5 Å². The lowest BCUT2D eigenvalue weighted by atomic mass is 9.80. The van der Waals surface area contributed by atoms with E-state index in [1.54, 1.807) is 7.11 Å². The summed E-state index contributed by atoms with van der Waals surface area (Å²) >= 11 is 0. The Hall–Kier alpha value is -2.57. The SMILES string of the molecule is CCN1CCN(c2cc(N3CCC(C)CC3)c3c(c2N)C(OC)c2ccccc2C3=O)CC1. The van der Waals surface area contributed by atoms with Gasteiger partial charge in [-0.05, 0) is 36.9 Å². The van der Waals surface area contributed by atoms with Gasteiger partial charge in [0.25, 0.3) is 0 Å². The molecule has 2 heterocycles. The standard InChI is InChI=1S/C27H36N4O2/c1-4-29-13-15-31(16-14-29)22-17-21(30-11-9-18(2)10-12-30)23-24(25(22)28)27(33-3)20-8-6-5-7-19(20)26(23)32/h5-8,17-18,27H,4,9-16,28H2,1-3H3. The molecular weight excluding hydrogens is 412 g/mol. The minimum absolute atomic E-state index is 0.0663. The van der Waals surface area contributed by atoms with Crippen molar-refractivity contribution in [1.29, 1.82) is 0 Å². The number of anilines is 3. The molecule has 6 heteroatoms. The summed E-state index contributed by atoms with van der Waals surface area (Å²) in [6.07, 6.45) is 1.94. The third-order valence-electron chi connectivity index (χ3n) is 7.86. The highest BCUT2D eigenvalue weighted by atomic mass is 16.5. The molecule has 33 heavy (non-hydrogen) atoms. The van der Waals surface area contributed by atoms with Crippen LogP contribution in [-0.2, 0) is 4.74 Å². The van der Waals surface area contributed by atoms with Crippen molar-refractivity contribution in [3.63, 3.8) is 0 Å². The Morgan fingerprint density at radius 1 is 1.00 bits per heavy atom. The smallest absolute Gasteiger partial charge is 0.195 e. The second-order valence-electron chi connectivity index (χ2n) is 9.74. The van der Waals surface area contributed by atoms with E-state index in [2.05, 4.69) is 34.6 Å². The summed E-state index contributed by atoms with van der Waals surface area (Å²) in [5, 5.41) is 0. The van der Waals surface area contributed by atoms with Crippen LogP contribution in [-0.4, -0.2) is 63.6 Å². The van der Waals surface area contributed by atoms with Crippen molar-refractivity contribution < 1.29 is 9.53 Å². The Balaban J connectivity index is 1.67. The zero-order valence-electron chi connectivity index (χ0n) is 20.1. The van der Waals surface area contributed by atoms with Gasteiger partial charge < -0.3 is 25.2 Å². The molecular formula is C27H36N4O2. The van der Waals surface area contributed by atoms with E-state index in [1.165, 1.54) is 0 Å². The number of ether oxygens (including phenoxy) is 1. The molecule has 0 bridgehead atoms. The van der Waals surface area contributed by atoms with Crippen LogP contribution in [0, 0.1) is 5.92 Å². The highest BCUT2D eigenvalue weighted by Gasteiger charge is 2.38. The average Bonchev–Trinajstić information content (AvgIpc) is 2.85. The number of ketones is 1. The number of carbonyl (C=O) groups excluding carboxylic acids is 1. The first kappa shape index (κ1) is 22.2. The van der Waals surface area contributed by atoms with Crippen LogP contribution in [0.15, 0.2) is 30.3 Å². The van der Waals surface area contributed by atoms with E-state index >= 15 is 0 Å². The van der Waals surface area contributed by atoms with Crippen LogP contribution in [0.3, 0.4) is 0 Å². The number of hydrogen-bond donors (Lipinski definition) is 1. The van der Waals surface area contributed by atoms with Gasteiger partial charge in [-0.25, -0.2) is 0 Å². The number of piperidine rings is 1. The Bertz CT molecular complexity index is 1040. The predicted octanol–water partition coefficient (Wildman–Crippen LogP) is 3.93. The summed E-state index contributed by atoms with van der Waals surface area (Å²) in [5.74, 6) is 0.784. The van der Waals surface area contributed by atoms with Crippen molar-refractivity contribution in [1.82, 2.24) is 4.90 Å². The van der Waals surface area contributed by atoms with Gasteiger partial charge in [0.2, 0.25) is 0 Å². The molecule has 1 unspecified atom stereocenters. The van der Waals surface area contributed by atoms with Gasteiger partial charge >= 0.3 is 0 Å². The minimum atomic E-state index is -0.340. The van der Waals surface area contributed by atoms with Gasteiger partial charge in [-0.1, -0.05) is 38.1 Å². The third kappa shape index (κ3) is 3.79. The first-order chi connectivity index (χ1) is 16.0. The van der Waals surface area contributed by atoms with Gasteiger partial charge in [0.1, 0.15) is 6.10 Å². The maximum atomic E-state index is 13.9. The maximum absolute atomic E-state index is 13.9. The van der Waals surface area contributed by atoms with Gasteiger partial charge in [-0.2, -0.15) is 0 Å². The fraction of sp³-hybridized carbons (Fsp3) is 0.519. The largest absolute Gasteiger partial charge is 0.397 e. The first-order valence-electron chi connectivity index (χ1n) is 12.4. The predicted molar refractivity (Wildman–Crippen MR) is 135 cm³/mol. The van der Waals surface area contributed by atoms with Crippen molar-refractivity contribution in [3.8, 4) is 0 Å². The molecule has 0 spiro atoms. The number of benzene rings is 2. The Kier molecular flexibility index (Phi) is 6.06. The number of piperazine rings is 1. The van der Waals surface area contributed by atoms with E-state index in [1.807, 2.05) is 24.3 Å². The number of likely N-dealkylation sites (N-methyl/N-ethyl adjacent to an activating group) is 1. The molecule has 3 aliphatic rings. The van der Waals surface area contributed by atoms with Crippen LogP contribution in [0.4, 0.5) is 17.1 Å². The summed E-state index contributed by atoms with van der Waals surface area (Å²) in [6.45, 7) is 11.5. The molecule has 2 N–H and O–H groups in total. The van der Waals surface area contributed by atoms with Gasteiger partial charge in [-0.15, -0.1) is 0 Å². The van der Waals surface area contributed by atoms with Crippen molar-refractivity contribution in [3.05, 3.63) is 52.6 Å². The highest BCUT2D eigenvalue weighted by Crippen LogP contribution is 2.48. The van der Waals surface area contributed by atoms with E-state index in [-0.39, 0.29) is 11.9 Å². The quantitative estimate of drug-likeness (QED) is 0.715. The van der Waals surface area contributed by atoms with Crippen LogP contribution >= 0.6 is 0 Å². The fourth-order valence-electron chi connectivity index (χ4n) is 5.73. The lowest BCUT2D eigenvalue weighted by Crippen LogP contribution is -2.46. The second-order valence-corrected chi connectivity index (χ2v) is 9.74. The number of nitrogens with zero attached hydrogens (tertiary/aromatic N) is 3. The van der Waals surface area contributed by atoms with E-state index < -0.39 is 0 Å². The zero-order chi connectivity index (χ0) is 23.1. The summed E-state index contributed by atoms with van der Waals surface area (Å²) in [4.78, 5) is 21.1. The average molecular weight is 449 g/mol. The molecule has 0 aromatic heterocycles. The summed E-state index contributed by atoms with van der Waals surface area (Å²) < 4.78 is 6.03. The van der Waals surface area contributed by atoms with Crippen molar-refractivity contribution in [2.24, 2.45) is 5.92 Å². The molecule has 0 amide bonds. The van der Waals surface area contributed by atoms with Crippen LogP contribution in [0.5, 0.6) is 0 Å². The Morgan fingerprint density at radius 3 is 2.33 bits per heavy atom. The number of methoxy groups -OCH3 is 1. The summed E-state index contributed by atoms with van der Waals surface area (Å²) in [6, 6.07) is 10.0. The monoisotopic (exact) mass is 448 g/mol. The lowest BCUT2D eigenvalue weighted by molar-refractivity contribution is 0.0987. The van der Waals surface area contributed by atoms with Crippen LogP contribution in [0.1, 0.15) is 59.8 Å². The number of hydrogen-bond acceptors (Lipinski definition) is 6. The van der Waals surface area contributed by atoms with Gasteiger partial charge in [0.15, 0.2) is 5.78 Å².